The first-order chi connectivity index (χ1) is 19.8. The van der Waals surface area contributed by atoms with E-state index in [9.17, 15) is 19.2 Å². The third-order valence-corrected chi connectivity index (χ3v) is 4.48. The predicted octanol–water partition coefficient (Wildman–Crippen LogP) is -0.274. The molecule has 0 aromatic heterocycles. The van der Waals surface area contributed by atoms with Crippen LogP contribution >= 0.6 is 0 Å². The van der Waals surface area contributed by atoms with Crippen molar-refractivity contribution in [2.45, 2.75) is 58.4 Å². The van der Waals surface area contributed by atoms with Gasteiger partial charge >= 0.3 is 23.9 Å². The lowest BCUT2D eigenvalue weighted by Gasteiger charge is -2.43. The molecule has 0 aromatic carbocycles. The third-order valence-electron chi connectivity index (χ3n) is 4.48. The first-order valence-corrected chi connectivity index (χ1v) is 12.1. The summed E-state index contributed by atoms with van der Waals surface area (Å²) in [6.07, 6.45) is -2.13. The molecule has 0 bridgehead atoms. The van der Waals surface area contributed by atoms with E-state index in [1.165, 1.54) is 32.0 Å². The number of carbonyl (C=O) groups excluding carboxylic acids is 4. The largest absolute Gasteiger partial charge is 0.460 e. The highest BCUT2D eigenvalue weighted by atomic mass is 16.7. The van der Waals surface area contributed by atoms with Crippen LogP contribution in [-0.4, -0.2) is 120 Å². The molecule has 0 saturated carbocycles. The topological polar surface area (TPSA) is 210 Å². The Morgan fingerprint density at radius 3 is 1.41 bits per heavy atom. The molecular formula is C23H34N4O14. The Morgan fingerprint density at radius 2 is 1.00 bits per heavy atom. The number of carbonyl (C=O) groups is 4. The van der Waals surface area contributed by atoms with Gasteiger partial charge in [-0.05, 0) is 27.7 Å². The number of ether oxygens (including phenoxy) is 6. The van der Waals surface area contributed by atoms with Crippen LogP contribution in [0.2, 0.25) is 0 Å². The Morgan fingerprint density at radius 1 is 0.610 bits per heavy atom. The Labute approximate surface area is 235 Å². The number of rotatable bonds is 18. The molecule has 1 heterocycles. The van der Waals surface area contributed by atoms with Gasteiger partial charge in [0.15, 0.2) is 24.6 Å². The van der Waals surface area contributed by atoms with Crippen molar-refractivity contribution >= 4 is 48.7 Å². The lowest BCUT2D eigenvalue weighted by atomic mass is 9.98. The van der Waals surface area contributed by atoms with E-state index < -0.39 is 87.6 Å². The van der Waals surface area contributed by atoms with Crippen LogP contribution in [0.15, 0.2) is 20.6 Å². The molecule has 5 atom stereocenters. The fourth-order valence-corrected chi connectivity index (χ4v) is 3.04. The van der Waals surface area contributed by atoms with Crippen LogP contribution in [0.5, 0.6) is 0 Å². The van der Waals surface area contributed by atoms with Crippen molar-refractivity contribution in [1.29, 1.82) is 0 Å². The summed E-state index contributed by atoms with van der Waals surface area (Å²) in [6.45, 7) is 3.25. The summed E-state index contributed by atoms with van der Waals surface area (Å²) in [7, 11) is 1.21. The minimum atomic E-state index is -1.57. The zero-order chi connectivity index (χ0) is 30.5. The van der Waals surface area contributed by atoms with Crippen LogP contribution < -0.4 is 0 Å². The van der Waals surface area contributed by atoms with Gasteiger partial charge in [0.1, 0.15) is 12.7 Å². The molecule has 0 aromatic rings. The molecular weight excluding hydrogens is 556 g/mol. The van der Waals surface area contributed by atoms with Gasteiger partial charge in [0.25, 0.3) is 0 Å². The Balaban J connectivity index is 3.32. The highest BCUT2D eigenvalue weighted by Gasteiger charge is 2.53. The molecule has 0 unspecified atom stereocenters. The van der Waals surface area contributed by atoms with Gasteiger partial charge in [-0.2, -0.15) is 0 Å². The standard InChI is InChI=1S/C23H34N4O14/c1-6-24-34-11-16(28)33-10-15-20(39-17(29)12-35-25-7-2)21(40-18(30)13-36-26-8-3)22(23(32-5)38-15)41-19(31)14-37-27-9-4/h6-9,15,20-23H,10-14H2,1-5H3/b24-6+,25-7+,26-8+,27-9+/t15-,20-,21+,22-,23+/m1/s1. The minimum Gasteiger partial charge on any atom is -0.460 e. The maximum absolute atomic E-state index is 12.6. The van der Waals surface area contributed by atoms with Crippen molar-refractivity contribution in [2.24, 2.45) is 20.6 Å². The molecule has 0 aliphatic carbocycles. The Kier molecular flexibility index (Phi) is 17.4. The zero-order valence-electron chi connectivity index (χ0n) is 23.2. The van der Waals surface area contributed by atoms with Crippen LogP contribution in [0.1, 0.15) is 27.7 Å². The average molecular weight is 591 g/mol. The second-order valence-electron chi connectivity index (χ2n) is 7.37. The van der Waals surface area contributed by atoms with Crippen LogP contribution in [-0.2, 0) is 66.9 Å². The Bertz CT molecular complexity index is 941. The fourth-order valence-electron chi connectivity index (χ4n) is 3.04. The molecule has 0 spiro atoms. The van der Waals surface area contributed by atoms with Gasteiger partial charge < -0.3 is 47.8 Å². The number of hydrogen-bond donors (Lipinski definition) is 0. The van der Waals surface area contributed by atoms with Crippen LogP contribution in [0.4, 0.5) is 0 Å². The first-order valence-electron chi connectivity index (χ1n) is 12.1. The van der Waals surface area contributed by atoms with E-state index in [0.29, 0.717) is 0 Å². The van der Waals surface area contributed by atoms with Crippen molar-refractivity contribution in [2.75, 3.05) is 40.1 Å². The van der Waals surface area contributed by atoms with Gasteiger partial charge in [0.05, 0.1) is 0 Å². The molecule has 1 fully saturated rings. The number of esters is 4. The number of oxime groups is 4. The normalized spacial score (nSPS) is 22.5. The molecule has 1 rings (SSSR count). The maximum atomic E-state index is 12.6. The quantitative estimate of drug-likeness (QED) is 0.0870. The first kappa shape index (κ1) is 34.7. The summed E-state index contributed by atoms with van der Waals surface area (Å²) in [5, 5.41) is 13.8. The SMILES string of the molecule is C/C=N/OCC(=O)OC[C@H]1O[C@H](OC)[C@H](OC(=O)CO/N=C/C)[C@@H](OC(=O)CO/N=C/C)[C@@H]1OC(=O)CO/N=C/C. The van der Waals surface area contributed by atoms with Gasteiger partial charge in [0, 0.05) is 32.0 Å². The third kappa shape index (κ3) is 13.5. The predicted molar refractivity (Wildman–Crippen MR) is 137 cm³/mol. The summed E-state index contributed by atoms with van der Waals surface area (Å²) in [4.78, 5) is 68.8. The van der Waals surface area contributed by atoms with Gasteiger partial charge in [-0.25, -0.2) is 19.2 Å². The zero-order valence-corrected chi connectivity index (χ0v) is 23.2. The second kappa shape index (κ2) is 20.6. The molecule has 41 heavy (non-hydrogen) atoms. The Hall–Kier alpha value is -4.32. The number of hydrogen-bond acceptors (Lipinski definition) is 18. The monoisotopic (exact) mass is 590 g/mol. The molecule has 0 N–H and O–H groups in total. The van der Waals surface area contributed by atoms with Gasteiger partial charge in [-0.15, -0.1) is 0 Å². The fraction of sp³-hybridized carbons (Fsp3) is 0.652. The van der Waals surface area contributed by atoms with Gasteiger partial charge in [-0.3, -0.25) is 0 Å². The van der Waals surface area contributed by atoms with E-state index in [-0.39, 0.29) is 0 Å². The molecule has 1 aliphatic rings. The molecule has 18 heteroatoms. The summed E-state index contributed by atoms with van der Waals surface area (Å²) in [5.74, 6) is -3.76. The highest BCUT2D eigenvalue weighted by molar-refractivity contribution is 5.73. The van der Waals surface area contributed by atoms with Crippen LogP contribution in [0, 0.1) is 0 Å². The summed E-state index contributed by atoms with van der Waals surface area (Å²) in [5.41, 5.74) is 0. The van der Waals surface area contributed by atoms with Crippen molar-refractivity contribution < 1.29 is 66.9 Å². The maximum Gasteiger partial charge on any atom is 0.347 e. The average Bonchev–Trinajstić information content (AvgIpc) is 2.94. The van der Waals surface area contributed by atoms with Crippen molar-refractivity contribution in [3.05, 3.63) is 0 Å². The summed E-state index contributed by atoms with van der Waals surface area (Å²) >= 11 is 0. The number of methoxy groups -OCH3 is 1. The van der Waals surface area contributed by atoms with E-state index in [4.69, 9.17) is 47.8 Å². The van der Waals surface area contributed by atoms with Crippen molar-refractivity contribution in [3.63, 3.8) is 0 Å². The molecule has 0 amide bonds. The number of nitrogens with zero attached hydrogens (tertiary/aromatic N) is 4. The van der Waals surface area contributed by atoms with E-state index in [1.54, 1.807) is 27.7 Å². The van der Waals surface area contributed by atoms with Gasteiger partial charge in [0.2, 0.25) is 26.4 Å². The van der Waals surface area contributed by atoms with Gasteiger partial charge in [-0.1, -0.05) is 20.6 Å². The summed E-state index contributed by atoms with van der Waals surface area (Å²) in [6, 6.07) is 0. The smallest absolute Gasteiger partial charge is 0.347 e. The second-order valence-corrected chi connectivity index (χ2v) is 7.37. The minimum absolute atomic E-state index is 0.535. The molecule has 18 nitrogen and oxygen atoms in total. The lowest BCUT2D eigenvalue weighted by Crippen LogP contribution is -2.63. The molecule has 230 valence electrons. The van der Waals surface area contributed by atoms with E-state index in [0.717, 1.165) is 0 Å². The molecule has 0 radical (unpaired) electrons. The lowest BCUT2D eigenvalue weighted by molar-refractivity contribution is -0.304. The van der Waals surface area contributed by atoms with E-state index in [1.807, 2.05) is 0 Å². The van der Waals surface area contributed by atoms with E-state index in [2.05, 4.69) is 20.6 Å². The van der Waals surface area contributed by atoms with Crippen LogP contribution in [0.3, 0.4) is 0 Å². The molecule has 1 aliphatic heterocycles. The highest BCUT2D eigenvalue weighted by Crippen LogP contribution is 2.29. The summed E-state index contributed by atoms with van der Waals surface area (Å²) < 4.78 is 32.6. The van der Waals surface area contributed by atoms with Crippen LogP contribution in [0.25, 0.3) is 0 Å². The van der Waals surface area contributed by atoms with Crippen molar-refractivity contribution in [3.8, 4) is 0 Å². The molecule has 1 saturated heterocycles. The van der Waals surface area contributed by atoms with Crippen molar-refractivity contribution in [1.82, 2.24) is 0 Å². The van der Waals surface area contributed by atoms with E-state index >= 15 is 0 Å².